The molecule has 5 heteroatoms. The monoisotopic (exact) mass is 247 g/mol. The lowest BCUT2D eigenvalue weighted by molar-refractivity contribution is 0.169. The Kier molecular flexibility index (Phi) is 2.86. The predicted molar refractivity (Wildman–Crippen MR) is 72.5 cm³/mol. The zero-order valence-corrected chi connectivity index (χ0v) is 11.1. The number of anilines is 2. The number of nitrogen functional groups attached to an aromatic ring is 1. The van der Waals surface area contributed by atoms with Crippen LogP contribution in [-0.4, -0.2) is 47.6 Å². The first kappa shape index (κ1) is 11.7. The Balaban J connectivity index is 1.90. The van der Waals surface area contributed by atoms with Gasteiger partial charge in [0.05, 0.1) is 0 Å². The van der Waals surface area contributed by atoms with Crippen LogP contribution in [0.15, 0.2) is 6.20 Å². The number of likely N-dealkylation sites (N-methyl/N-ethyl adjacent to an activating group) is 1. The van der Waals surface area contributed by atoms with Crippen molar-refractivity contribution in [2.75, 3.05) is 37.3 Å². The fraction of sp³-hybridized carbons (Fsp3) is 0.692. The van der Waals surface area contributed by atoms with Crippen LogP contribution in [0.25, 0.3) is 0 Å². The Morgan fingerprint density at radius 2 is 2.11 bits per heavy atom. The van der Waals surface area contributed by atoms with Gasteiger partial charge < -0.3 is 15.5 Å². The Morgan fingerprint density at radius 3 is 2.89 bits per heavy atom. The SMILES string of the molecule is Cc1cnc(N)nc1N1C[C@@H]2CC[C@H](C1)N(C)C2. The minimum absolute atomic E-state index is 0.376. The van der Waals surface area contributed by atoms with Crippen LogP contribution in [0.2, 0.25) is 0 Å². The van der Waals surface area contributed by atoms with Crippen LogP contribution in [0.4, 0.5) is 11.8 Å². The summed E-state index contributed by atoms with van der Waals surface area (Å²) in [6.45, 7) is 5.43. The molecule has 0 aromatic carbocycles. The van der Waals surface area contributed by atoms with Gasteiger partial charge in [0.15, 0.2) is 0 Å². The number of rotatable bonds is 1. The van der Waals surface area contributed by atoms with Crippen molar-refractivity contribution in [1.82, 2.24) is 14.9 Å². The van der Waals surface area contributed by atoms with Gasteiger partial charge in [-0.2, -0.15) is 4.98 Å². The molecule has 3 saturated heterocycles. The van der Waals surface area contributed by atoms with Crippen LogP contribution in [0.5, 0.6) is 0 Å². The fourth-order valence-corrected chi connectivity index (χ4v) is 3.26. The number of hydrogen-bond acceptors (Lipinski definition) is 5. The summed E-state index contributed by atoms with van der Waals surface area (Å²) in [5.41, 5.74) is 6.84. The molecule has 1 aromatic rings. The molecule has 1 aromatic heterocycles. The lowest BCUT2D eigenvalue weighted by Crippen LogP contribution is -2.41. The molecule has 2 N–H and O–H groups in total. The second kappa shape index (κ2) is 4.39. The maximum absolute atomic E-state index is 5.73. The summed E-state index contributed by atoms with van der Waals surface area (Å²) < 4.78 is 0. The maximum atomic E-state index is 5.73. The summed E-state index contributed by atoms with van der Waals surface area (Å²) in [5.74, 6) is 2.15. The average molecular weight is 247 g/mol. The Hall–Kier alpha value is -1.36. The zero-order chi connectivity index (χ0) is 12.7. The molecule has 4 rings (SSSR count). The predicted octanol–water partition coefficient (Wildman–Crippen LogP) is 0.898. The van der Waals surface area contributed by atoms with E-state index in [-0.39, 0.29) is 0 Å². The van der Waals surface area contributed by atoms with Crippen molar-refractivity contribution in [3.63, 3.8) is 0 Å². The molecule has 3 aliphatic heterocycles. The minimum atomic E-state index is 0.376. The fourth-order valence-electron chi connectivity index (χ4n) is 3.26. The molecule has 18 heavy (non-hydrogen) atoms. The van der Waals surface area contributed by atoms with Crippen LogP contribution in [0.3, 0.4) is 0 Å². The highest BCUT2D eigenvalue weighted by Gasteiger charge is 2.33. The first-order valence-electron chi connectivity index (χ1n) is 6.68. The summed E-state index contributed by atoms with van der Waals surface area (Å²) in [6.07, 6.45) is 4.47. The molecule has 5 nitrogen and oxygen atoms in total. The summed E-state index contributed by atoms with van der Waals surface area (Å²) in [5, 5.41) is 0. The number of fused-ring (bicyclic) bond motifs is 4. The number of aryl methyl sites for hydroxylation is 1. The first-order valence-corrected chi connectivity index (χ1v) is 6.68. The molecule has 0 aliphatic carbocycles. The molecular formula is C13H21N5. The lowest BCUT2D eigenvalue weighted by atomic mass is 9.96. The van der Waals surface area contributed by atoms with Crippen molar-refractivity contribution >= 4 is 11.8 Å². The highest BCUT2D eigenvalue weighted by molar-refractivity contribution is 5.48. The number of nitrogens with zero attached hydrogens (tertiary/aromatic N) is 4. The molecule has 3 fully saturated rings. The summed E-state index contributed by atoms with van der Waals surface area (Å²) in [6, 6.07) is 0.652. The van der Waals surface area contributed by atoms with Crippen LogP contribution in [-0.2, 0) is 0 Å². The Morgan fingerprint density at radius 1 is 1.28 bits per heavy atom. The van der Waals surface area contributed by atoms with Crippen LogP contribution in [0, 0.1) is 12.8 Å². The van der Waals surface area contributed by atoms with Gasteiger partial charge in [-0.15, -0.1) is 0 Å². The van der Waals surface area contributed by atoms with E-state index in [1.807, 2.05) is 6.20 Å². The van der Waals surface area contributed by atoms with Gasteiger partial charge in [-0.25, -0.2) is 4.98 Å². The molecule has 98 valence electrons. The van der Waals surface area contributed by atoms with Gasteiger partial charge >= 0.3 is 0 Å². The van der Waals surface area contributed by atoms with Crippen LogP contribution in [0.1, 0.15) is 18.4 Å². The third-order valence-electron chi connectivity index (χ3n) is 4.25. The van der Waals surface area contributed by atoms with Gasteiger partial charge in [-0.1, -0.05) is 0 Å². The van der Waals surface area contributed by atoms with E-state index >= 15 is 0 Å². The van der Waals surface area contributed by atoms with Gasteiger partial charge in [0.2, 0.25) is 5.95 Å². The summed E-state index contributed by atoms with van der Waals surface area (Å²) in [7, 11) is 2.24. The van der Waals surface area contributed by atoms with E-state index in [2.05, 4.69) is 33.7 Å². The van der Waals surface area contributed by atoms with E-state index in [1.54, 1.807) is 0 Å². The van der Waals surface area contributed by atoms with E-state index in [0.717, 1.165) is 30.4 Å². The van der Waals surface area contributed by atoms with Crippen molar-refractivity contribution in [2.45, 2.75) is 25.8 Å². The van der Waals surface area contributed by atoms with Crippen molar-refractivity contribution in [2.24, 2.45) is 5.92 Å². The number of piperidine rings is 1. The van der Waals surface area contributed by atoms with E-state index in [9.17, 15) is 0 Å². The summed E-state index contributed by atoms with van der Waals surface area (Å²) in [4.78, 5) is 13.4. The molecular weight excluding hydrogens is 226 g/mol. The Bertz CT molecular complexity index is 447. The zero-order valence-electron chi connectivity index (χ0n) is 11.1. The van der Waals surface area contributed by atoms with Gasteiger partial charge in [-0.3, -0.25) is 0 Å². The topological polar surface area (TPSA) is 58.3 Å². The highest BCUT2D eigenvalue weighted by Crippen LogP contribution is 2.30. The third-order valence-corrected chi connectivity index (χ3v) is 4.25. The highest BCUT2D eigenvalue weighted by atomic mass is 15.3. The molecule has 0 amide bonds. The average Bonchev–Trinajstić information content (AvgIpc) is 2.63. The van der Waals surface area contributed by atoms with Crippen molar-refractivity contribution in [1.29, 1.82) is 0 Å². The van der Waals surface area contributed by atoms with Gasteiger partial charge in [-0.05, 0) is 32.7 Å². The second-order valence-corrected chi connectivity index (χ2v) is 5.68. The smallest absolute Gasteiger partial charge is 0.221 e. The molecule has 0 saturated carbocycles. The molecule has 2 atom stereocenters. The van der Waals surface area contributed by atoms with E-state index in [0.29, 0.717) is 12.0 Å². The summed E-state index contributed by atoms with van der Waals surface area (Å²) >= 11 is 0. The normalized spacial score (nSPS) is 28.4. The molecule has 0 spiro atoms. The van der Waals surface area contributed by atoms with Crippen molar-refractivity contribution in [3.8, 4) is 0 Å². The lowest BCUT2D eigenvalue weighted by Gasteiger charge is -2.32. The quantitative estimate of drug-likeness (QED) is 0.799. The molecule has 3 aliphatic rings. The molecule has 4 heterocycles. The van der Waals surface area contributed by atoms with E-state index in [4.69, 9.17) is 5.73 Å². The maximum Gasteiger partial charge on any atom is 0.221 e. The van der Waals surface area contributed by atoms with Crippen molar-refractivity contribution in [3.05, 3.63) is 11.8 Å². The van der Waals surface area contributed by atoms with Crippen LogP contribution < -0.4 is 10.6 Å². The molecule has 0 unspecified atom stereocenters. The molecule has 0 radical (unpaired) electrons. The van der Waals surface area contributed by atoms with Gasteiger partial charge in [0.1, 0.15) is 5.82 Å². The van der Waals surface area contributed by atoms with E-state index < -0.39 is 0 Å². The van der Waals surface area contributed by atoms with Crippen LogP contribution >= 0.6 is 0 Å². The number of aromatic nitrogens is 2. The van der Waals surface area contributed by atoms with Gasteiger partial charge in [0, 0.05) is 37.4 Å². The largest absolute Gasteiger partial charge is 0.368 e. The van der Waals surface area contributed by atoms with E-state index in [1.165, 1.54) is 19.4 Å². The second-order valence-electron chi connectivity index (χ2n) is 5.68. The first-order chi connectivity index (χ1) is 8.63. The van der Waals surface area contributed by atoms with Gasteiger partial charge in [0.25, 0.3) is 0 Å². The minimum Gasteiger partial charge on any atom is -0.368 e. The van der Waals surface area contributed by atoms with Crippen molar-refractivity contribution < 1.29 is 0 Å². The molecule has 2 bridgehead atoms. The number of nitrogens with two attached hydrogens (primary N) is 1. The standard InChI is InChI=1S/C13H21N5/c1-9-5-15-13(14)16-12(9)18-7-10-3-4-11(8-18)17(2)6-10/h5,10-11H,3-4,6-8H2,1-2H3,(H2,14,15,16)/t10-,11-/m1/s1. The third kappa shape index (κ3) is 2.03. The Labute approximate surface area is 108 Å². The number of hydrogen-bond donors (Lipinski definition) is 1.